The normalized spacial score (nSPS) is 9.92. The van der Waals surface area contributed by atoms with Crippen molar-refractivity contribution in [2.24, 2.45) is 0 Å². The molecular formula is C8H11NO3. The number of rotatable bonds is 2. The number of hydrogen-bond acceptors (Lipinski definition) is 4. The number of nitrogens with zero attached hydrogens (tertiary/aromatic N) is 1. The van der Waals surface area contributed by atoms with Gasteiger partial charge in [0.1, 0.15) is 5.76 Å². The van der Waals surface area contributed by atoms with Crippen LogP contribution in [0.2, 0.25) is 0 Å². The van der Waals surface area contributed by atoms with E-state index in [1.807, 2.05) is 6.92 Å². The van der Waals surface area contributed by atoms with Crippen molar-refractivity contribution in [2.45, 2.75) is 20.3 Å². The largest absolute Gasteiger partial charge is 0.464 e. The molecule has 66 valence electrons. The Morgan fingerprint density at radius 1 is 1.67 bits per heavy atom. The molecular weight excluding hydrogens is 158 g/mol. The molecule has 0 amide bonds. The lowest BCUT2D eigenvalue weighted by Crippen LogP contribution is -2.03. The molecule has 0 saturated heterocycles. The van der Waals surface area contributed by atoms with E-state index < -0.39 is 5.97 Å². The first-order valence-electron chi connectivity index (χ1n) is 3.74. The molecule has 0 spiro atoms. The van der Waals surface area contributed by atoms with Gasteiger partial charge in [0.05, 0.1) is 7.11 Å². The third kappa shape index (κ3) is 1.32. The maximum Gasteiger partial charge on any atom is 0.360 e. The van der Waals surface area contributed by atoms with Crippen LogP contribution in [0.1, 0.15) is 28.7 Å². The van der Waals surface area contributed by atoms with Gasteiger partial charge in [0.25, 0.3) is 0 Å². The van der Waals surface area contributed by atoms with Crippen LogP contribution < -0.4 is 0 Å². The minimum absolute atomic E-state index is 0.273. The van der Waals surface area contributed by atoms with E-state index in [1.54, 1.807) is 6.92 Å². The van der Waals surface area contributed by atoms with E-state index >= 15 is 0 Å². The molecule has 0 unspecified atom stereocenters. The summed E-state index contributed by atoms with van der Waals surface area (Å²) in [7, 11) is 1.32. The summed E-state index contributed by atoms with van der Waals surface area (Å²) < 4.78 is 9.43. The molecule has 0 bridgehead atoms. The third-order valence-corrected chi connectivity index (χ3v) is 1.72. The first-order valence-corrected chi connectivity index (χ1v) is 3.74. The molecule has 1 aromatic heterocycles. The molecule has 0 fully saturated rings. The number of methoxy groups -OCH3 is 1. The van der Waals surface area contributed by atoms with Crippen LogP contribution in [0.3, 0.4) is 0 Å². The van der Waals surface area contributed by atoms with E-state index in [0.717, 1.165) is 17.7 Å². The van der Waals surface area contributed by atoms with Crippen molar-refractivity contribution in [2.75, 3.05) is 7.11 Å². The molecule has 0 atom stereocenters. The monoisotopic (exact) mass is 169 g/mol. The van der Waals surface area contributed by atoms with Gasteiger partial charge in [-0.15, -0.1) is 0 Å². The average Bonchev–Trinajstić information content (AvgIpc) is 2.45. The highest BCUT2D eigenvalue weighted by atomic mass is 16.5. The van der Waals surface area contributed by atoms with Gasteiger partial charge in [0.2, 0.25) is 0 Å². The molecule has 4 nitrogen and oxygen atoms in total. The van der Waals surface area contributed by atoms with Gasteiger partial charge in [-0.05, 0) is 6.92 Å². The van der Waals surface area contributed by atoms with Gasteiger partial charge in [0.15, 0.2) is 5.69 Å². The lowest BCUT2D eigenvalue weighted by Gasteiger charge is -1.93. The minimum atomic E-state index is -0.448. The maximum atomic E-state index is 11.0. The van der Waals surface area contributed by atoms with Crippen molar-refractivity contribution in [1.29, 1.82) is 0 Å². The highest BCUT2D eigenvalue weighted by Gasteiger charge is 2.17. The molecule has 12 heavy (non-hydrogen) atoms. The van der Waals surface area contributed by atoms with Crippen LogP contribution in [0, 0.1) is 6.92 Å². The van der Waals surface area contributed by atoms with Gasteiger partial charge in [-0.25, -0.2) is 4.79 Å². The van der Waals surface area contributed by atoms with Crippen molar-refractivity contribution < 1.29 is 14.1 Å². The van der Waals surface area contributed by atoms with Crippen LogP contribution in [0.25, 0.3) is 0 Å². The molecule has 0 saturated carbocycles. The zero-order valence-corrected chi connectivity index (χ0v) is 7.38. The molecule has 0 aromatic carbocycles. The second-order valence-corrected chi connectivity index (χ2v) is 2.42. The molecule has 0 aliphatic rings. The molecule has 0 aliphatic heterocycles. The zero-order valence-electron chi connectivity index (χ0n) is 7.38. The summed E-state index contributed by atoms with van der Waals surface area (Å²) in [5.74, 6) is 0.284. The third-order valence-electron chi connectivity index (χ3n) is 1.72. The van der Waals surface area contributed by atoms with Gasteiger partial charge in [-0.2, -0.15) is 0 Å². The summed E-state index contributed by atoms with van der Waals surface area (Å²) in [6.07, 6.45) is 0.732. The Bertz CT molecular complexity index is 290. The number of aryl methyl sites for hydroxylation is 1. The molecule has 4 heteroatoms. The lowest BCUT2D eigenvalue weighted by molar-refractivity contribution is 0.0588. The fourth-order valence-corrected chi connectivity index (χ4v) is 0.986. The van der Waals surface area contributed by atoms with Crippen LogP contribution >= 0.6 is 0 Å². The number of aromatic nitrogens is 1. The number of carbonyl (C=O) groups is 1. The lowest BCUT2D eigenvalue weighted by atomic mass is 10.2. The minimum Gasteiger partial charge on any atom is -0.464 e. The Morgan fingerprint density at radius 2 is 2.33 bits per heavy atom. The summed E-state index contributed by atoms with van der Waals surface area (Å²) in [5, 5.41) is 3.61. The summed E-state index contributed by atoms with van der Waals surface area (Å²) in [5.41, 5.74) is 1.04. The van der Waals surface area contributed by atoms with Crippen LogP contribution in [0.5, 0.6) is 0 Å². The second kappa shape index (κ2) is 3.38. The number of esters is 1. The van der Waals surface area contributed by atoms with Crippen LogP contribution in [0.15, 0.2) is 4.52 Å². The van der Waals surface area contributed by atoms with Crippen molar-refractivity contribution >= 4 is 5.97 Å². The average molecular weight is 169 g/mol. The van der Waals surface area contributed by atoms with E-state index in [2.05, 4.69) is 9.89 Å². The predicted molar refractivity (Wildman–Crippen MR) is 42.0 cm³/mol. The predicted octanol–water partition coefficient (Wildman–Crippen LogP) is 1.33. The van der Waals surface area contributed by atoms with E-state index in [-0.39, 0.29) is 5.69 Å². The molecule has 0 aliphatic carbocycles. The van der Waals surface area contributed by atoms with Crippen molar-refractivity contribution in [3.05, 3.63) is 17.0 Å². The quantitative estimate of drug-likeness (QED) is 0.627. The van der Waals surface area contributed by atoms with Gasteiger partial charge in [-0.1, -0.05) is 12.1 Å². The first kappa shape index (κ1) is 8.77. The second-order valence-electron chi connectivity index (χ2n) is 2.42. The fourth-order valence-electron chi connectivity index (χ4n) is 0.986. The fraction of sp³-hybridized carbons (Fsp3) is 0.500. The summed E-state index contributed by atoms with van der Waals surface area (Å²) in [6.45, 7) is 3.73. The van der Waals surface area contributed by atoms with E-state index in [1.165, 1.54) is 7.11 Å². The molecule has 1 rings (SSSR count). The van der Waals surface area contributed by atoms with Crippen molar-refractivity contribution in [3.63, 3.8) is 0 Å². The van der Waals surface area contributed by atoms with Crippen LogP contribution in [-0.2, 0) is 11.2 Å². The van der Waals surface area contributed by atoms with Crippen LogP contribution in [-0.4, -0.2) is 18.2 Å². The maximum absolute atomic E-state index is 11.0. The van der Waals surface area contributed by atoms with E-state index in [4.69, 9.17) is 4.52 Å². The summed E-state index contributed by atoms with van der Waals surface area (Å²) in [6, 6.07) is 0. The van der Waals surface area contributed by atoms with E-state index in [9.17, 15) is 4.79 Å². The summed E-state index contributed by atoms with van der Waals surface area (Å²) in [4.78, 5) is 11.0. The van der Waals surface area contributed by atoms with Crippen molar-refractivity contribution in [1.82, 2.24) is 5.16 Å². The Hall–Kier alpha value is -1.32. The Balaban J connectivity index is 3.02. The molecule has 1 heterocycles. The highest BCUT2D eigenvalue weighted by molar-refractivity contribution is 5.88. The van der Waals surface area contributed by atoms with Gasteiger partial charge in [0, 0.05) is 12.0 Å². The zero-order chi connectivity index (χ0) is 9.14. The Morgan fingerprint density at radius 3 is 2.75 bits per heavy atom. The van der Waals surface area contributed by atoms with Gasteiger partial charge < -0.3 is 9.26 Å². The highest BCUT2D eigenvalue weighted by Crippen LogP contribution is 2.13. The van der Waals surface area contributed by atoms with Gasteiger partial charge in [-0.3, -0.25) is 0 Å². The van der Waals surface area contributed by atoms with E-state index in [0.29, 0.717) is 0 Å². The smallest absolute Gasteiger partial charge is 0.360 e. The molecule has 0 N–H and O–H groups in total. The van der Waals surface area contributed by atoms with Crippen molar-refractivity contribution in [3.8, 4) is 0 Å². The number of ether oxygens (including phenoxy) is 1. The topological polar surface area (TPSA) is 52.3 Å². The van der Waals surface area contributed by atoms with Crippen LogP contribution in [0.4, 0.5) is 0 Å². The standard InChI is InChI=1S/C8H11NO3/c1-4-6-5(2)7(9-12-6)8(10)11-3/h4H2,1-3H3. The number of hydrogen-bond donors (Lipinski definition) is 0. The first-order chi connectivity index (χ1) is 5.70. The molecule has 1 aromatic rings. The summed E-state index contributed by atoms with van der Waals surface area (Å²) >= 11 is 0. The molecule has 0 radical (unpaired) electrons. The number of carbonyl (C=O) groups excluding carboxylic acids is 1. The van der Waals surface area contributed by atoms with Gasteiger partial charge >= 0.3 is 5.97 Å². The Kier molecular flexibility index (Phi) is 2.47. The Labute approximate surface area is 70.5 Å². The SMILES string of the molecule is CCc1onc(C(=O)OC)c1C.